The molecule has 0 aliphatic heterocycles. The van der Waals surface area contributed by atoms with Gasteiger partial charge in [0.25, 0.3) is 0 Å². The smallest absolute Gasteiger partial charge is 0.313 e. The minimum atomic E-state index is -0.647. The molecule has 0 bridgehead atoms. The Kier molecular flexibility index (Phi) is 7.60. The number of carbonyl (C=O) groups excluding carboxylic acids is 2. The molecule has 1 rings (SSSR count). The lowest BCUT2D eigenvalue weighted by atomic mass is 10.0. The van der Waals surface area contributed by atoms with E-state index < -0.39 is 11.8 Å². The Labute approximate surface area is 132 Å². The lowest BCUT2D eigenvalue weighted by molar-refractivity contribution is -0.136. The SMILES string of the molecule is CCc1cccc(CC)c1NC(=O)C(=O)NC(C)CCCO. The largest absolute Gasteiger partial charge is 0.396 e. The van der Waals surface area contributed by atoms with E-state index in [-0.39, 0.29) is 12.6 Å². The van der Waals surface area contributed by atoms with Crippen LogP contribution >= 0.6 is 0 Å². The highest BCUT2D eigenvalue weighted by atomic mass is 16.3. The van der Waals surface area contributed by atoms with E-state index in [9.17, 15) is 9.59 Å². The van der Waals surface area contributed by atoms with Crippen molar-refractivity contribution in [1.82, 2.24) is 5.32 Å². The van der Waals surface area contributed by atoms with Gasteiger partial charge in [-0.2, -0.15) is 0 Å². The summed E-state index contributed by atoms with van der Waals surface area (Å²) in [6.45, 7) is 5.93. The molecule has 0 aliphatic carbocycles. The number of hydrogen-bond acceptors (Lipinski definition) is 3. The van der Waals surface area contributed by atoms with E-state index in [1.807, 2.05) is 39.0 Å². The first-order valence-electron chi connectivity index (χ1n) is 7.86. The van der Waals surface area contributed by atoms with Crippen LogP contribution in [0.3, 0.4) is 0 Å². The predicted molar refractivity (Wildman–Crippen MR) is 87.8 cm³/mol. The van der Waals surface area contributed by atoms with Crippen LogP contribution in [0.25, 0.3) is 0 Å². The standard InChI is InChI=1S/C17H26N2O3/c1-4-13-9-6-10-14(5-2)15(13)19-17(22)16(21)18-12(3)8-7-11-20/h6,9-10,12,20H,4-5,7-8,11H2,1-3H3,(H,18,21)(H,19,22). The van der Waals surface area contributed by atoms with Crippen molar-refractivity contribution < 1.29 is 14.7 Å². The fourth-order valence-corrected chi connectivity index (χ4v) is 2.33. The molecule has 1 atom stereocenters. The third-order valence-corrected chi connectivity index (χ3v) is 3.62. The van der Waals surface area contributed by atoms with Crippen molar-refractivity contribution in [3.8, 4) is 0 Å². The number of para-hydroxylation sites is 1. The lowest BCUT2D eigenvalue weighted by Crippen LogP contribution is -2.40. The quantitative estimate of drug-likeness (QED) is 0.674. The molecule has 1 aromatic carbocycles. The summed E-state index contributed by atoms with van der Waals surface area (Å²) in [4.78, 5) is 24.0. The van der Waals surface area contributed by atoms with E-state index in [2.05, 4.69) is 10.6 Å². The molecular weight excluding hydrogens is 280 g/mol. The van der Waals surface area contributed by atoms with Crippen LogP contribution in [0.15, 0.2) is 18.2 Å². The maximum atomic E-state index is 12.1. The van der Waals surface area contributed by atoms with Gasteiger partial charge in [0.2, 0.25) is 0 Å². The van der Waals surface area contributed by atoms with Gasteiger partial charge in [0, 0.05) is 18.3 Å². The Balaban J connectivity index is 2.74. The normalized spacial score (nSPS) is 11.8. The van der Waals surface area contributed by atoms with Gasteiger partial charge in [-0.3, -0.25) is 9.59 Å². The Bertz CT molecular complexity index is 492. The molecule has 5 heteroatoms. The minimum Gasteiger partial charge on any atom is -0.396 e. The molecule has 0 fully saturated rings. The summed E-state index contributed by atoms with van der Waals surface area (Å²) in [5.74, 6) is -1.29. The van der Waals surface area contributed by atoms with E-state index >= 15 is 0 Å². The number of aliphatic hydroxyl groups excluding tert-OH is 1. The zero-order valence-electron chi connectivity index (χ0n) is 13.6. The maximum Gasteiger partial charge on any atom is 0.313 e. The number of amides is 2. The number of benzene rings is 1. The van der Waals surface area contributed by atoms with Gasteiger partial charge < -0.3 is 15.7 Å². The number of aliphatic hydroxyl groups is 1. The van der Waals surface area contributed by atoms with Gasteiger partial charge >= 0.3 is 11.8 Å². The third kappa shape index (κ3) is 5.15. The number of rotatable bonds is 7. The molecule has 0 aliphatic rings. The predicted octanol–water partition coefficient (Wildman–Crippen LogP) is 2.03. The molecule has 0 saturated carbocycles. The van der Waals surface area contributed by atoms with E-state index in [0.717, 1.165) is 29.7 Å². The summed E-state index contributed by atoms with van der Waals surface area (Å²) in [7, 11) is 0. The van der Waals surface area contributed by atoms with Crippen LogP contribution < -0.4 is 10.6 Å². The van der Waals surface area contributed by atoms with Crippen LogP contribution in [-0.4, -0.2) is 29.6 Å². The average molecular weight is 306 g/mol. The van der Waals surface area contributed by atoms with Crippen molar-refractivity contribution in [2.75, 3.05) is 11.9 Å². The molecule has 0 saturated heterocycles. The number of carbonyl (C=O) groups is 2. The minimum absolute atomic E-state index is 0.0795. The van der Waals surface area contributed by atoms with E-state index in [4.69, 9.17) is 5.11 Å². The number of aryl methyl sites for hydroxylation is 2. The van der Waals surface area contributed by atoms with E-state index in [1.165, 1.54) is 0 Å². The highest BCUT2D eigenvalue weighted by molar-refractivity contribution is 6.39. The molecule has 3 N–H and O–H groups in total. The Morgan fingerprint density at radius 2 is 1.73 bits per heavy atom. The fourth-order valence-electron chi connectivity index (χ4n) is 2.33. The van der Waals surface area contributed by atoms with Crippen LogP contribution in [-0.2, 0) is 22.4 Å². The summed E-state index contributed by atoms with van der Waals surface area (Å²) in [5, 5.41) is 14.2. The van der Waals surface area contributed by atoms with Crippen LogP contribution in [0.4, 0.5) is 5.69 Å². The summed E-state index contributed by atoms with van der Waals surface area (Å²) in [6, 6.07) is 5.73. The topological polar surface area (TPSA) is 78.4 Å². The van der Waals surface area contributed by atoms with Gasteiger partial charge in [-0.1, -0.05) is 32.0 Å². The van der Waals surface area contributed by atoms with Crippen molar-refractivity contribution in [3.63, 3.8) is 0 Å². The summed E-state index contributed by atoms with van der Waals surface area (Å²) in [5.41, 5.74) is 2.79. The van der Waals surface area contributed by atoms with Crippen LogP contribution in [0.2, 0.25) is 0 Å². The molecule has 2 amide bonds. The number of anilines is 1. The van der Waals surface area contributed by atoms with Crippen LogP contribution in [0.1, 0.15) is 44.7 Å². The van der Waals surface area contributed by atoms with Crippen molar-refractivity contribution in [2.24, 2.45) is 0 Å². The van der Waals surface area contributed by atoms with Gasteiger partial charge in [-0.05, 0) is 43.7 Å². The zero-order valence-corrected chi connectivity index (χ0v) is 13.6. The Hall–Kier alpha value is -1.88. The van der Waals surface area contributed by atoms with Crippen molar-refractivity contribution >= 4 is 17.5 Å². The molecule has 1 unspecified atom stereocenters. The first-order valence-corrected chi connectivity index (χ1v) is 7.86. The molecule has 0 spiro atoms. The van der Waals surface area contributed by atoms with Crippen molar-refractivity contribution in [1.29, 1.82) is 0 Å². The molecule has 22 heavy (non-hydrogen) atoms. The van der Waals surface area contributed by atoms with Crippen molar-refractivity contribution in [3.05, 3.63) is 29.3 Å². The molecule has 0 aromatic heterocycles. The van der Waals surface area contributed by atoms with Gasteiger partial charge in [0.05, 0.1) is 0 Å². The van der Waals surface area contributed by atoms with E-state index in [1.54, 1.807) is 0 Å². The maximum absolute atomic E-state index is 12.1. The Morgan fingerprint density at radius 1 is 1.14 bits per heavy atom. The second-order valence-corrected chi connectivity index (χ2v) is 5.35. The first-order chi connectivity index (χ1) is 10.5. The molecule has 0 radical (unpaired) electrons. The highest BCUT2D eigenvalue weighted by Gasteiger charge is 2.18. The van der Waals surface area contributed by atoms with Crippen LogP contribution in [0.5, 0.6) is 0 Å². The average Bonchev–Trinajstić information content (AvgIpc) is 2.52. The number of nitrogens with one attached hydrogen (secondary N) is 2. The highest BCUT2D eigenvalue weighted by Crippen LogP contribution is 2.22. The van der Waals surface area contributed by atoms with Gasteiger partial charge in [0.1, 0.15) is 0 Å². The summed E-state index contributed by atoms with van der Waals surface area (Å²) < 4.78 is 0. The third-order valence-electron chi connectivity index (χ3n) is 3.62. The van der Waals surface area contributed by atoms with E-state index in [0.29, 0.717) is 12.8 Å². The monoisotopic (exact) mass is 306 g/mol. The van der Waals surface area contributed by atoms with Gasteiger partial charge in [-0.25, -0.2) is 0 Å². The lowest BCUT2D eigenvalue weighted by Gasteiger charge is -2.16. The molecule has 122 valence electrons. The van der Waals surface area contributed by atoms with Crippen molar-refractivity contribution in [2.45, 2.75) is 52.5 Å². The molecular formula is C17H26N2O3. The summed E-state index contributed by atoms with van der Waals surface area (Å²) in [6.07, 6.45) is 2.82. The van der Waals surface area contributed by atoms with Crippen LogP contribution in [0, 0.1) is 0 Å². The molecule has 0 heterocycles. The summed E-state index contributed by atoms with van der Waals surface area (Å²) >= 11 is 0. The number of hydrogen-bond donors (Lipinski definition) is 3. The second-order valence-electron chi connectivity index (χ2n) is 5.35. The van der Waals surface area contributed by atoms with Gasteiger partial charge in [-0.15, -0.1) is 0 Å². The van der Waals surface area contributed by atoms with Gasteiger partial charge in [0.15, 0.2) is 0 Å². The molecule has 5 nitrogen and oxygen atoms in total. The molecule has 1 aromatic rings. The first kappa shape index (κ1) is 18.2. The zero-order chi connectivity index (χ0) is 16.5. The Morgan fingerprint density at radius 3 is 2.23 bits per heavy atom. The second kappa shape index (κ2) is 9.20. The fraction of sp³-hybridized carbons (Fsp3) is 0.529.